The molecule has 2 aromatic rings. The summed E-state index contributed by atoms with van der Waals surface area (Å²) in [4.78, 5) is 12.2. The van der Waals surface area contributed by atoms with E-state index >= 15 is 0 Å². The molecule has 0 aliphatic carbocycles. The molecule has 1 aromatic heterocycles. The van der Waals surface area contributed by atoms with Crippen LogP contribution in [0.25, 0.3) is 0 Å². The van der Waals surface area contributed by atoms with Crippen molar-refractivity contribution in [3.05, 3.63) is 51.8 Å². The van der Waals surface area contributed by atoms with Crippen LogP contribution in [0.3, 0.4) is 0 Å². The first-order chi connectivity index (χ1) is 12.0. The predicted molar refractivity (Wildman–Crippen MR) is 105 cm³/mol. The molecular weight excluding hydrogens is 332 g/mol. The minimum absolute atomic E-state index is 0.396. The summed E-state index contributed by atoms with van der Waals surface area (Å²) in [6.45, 7) is 9.13. The summed E-state index contributed by atoms with van der Waals surface area (Å²) in [5.41, 5.74) is 6.34. The maximum absolute atomic E-state index is 12.2. The number of carbonyl (C=O) groups is 1. The summed E-state index contributed by atoms with van der Waals surface area (Å²) in [7, 11) is 0. The summed E-state index contributed by atoms with van der Waals surface area (Å²) in [5, 5.41) is 4.41. The predicted octanol–water partition coefficient (Wildman–Crippen LogP) is 5.61. The summed E-state index contributed by atoms with van der Waals surface area (Å²) >= 11 is 5.99. The first kappa shape index (κ1) is 19.7. The number of rotatable bonds is 9. The zero-order chi connectivity index (χ0) is 18.4. The van der Waals surface area contributed by atoms with Crippen molar-refractivity contribution in [1.82, 2.24) is 9.78 Å². The lowest BCUT2D eigenvalue weighted by Gasteiger charge is -2.11. The van der Waals surface area contributed by atoms with Gasteiger partial charge in [-0.1, -0.05) is 44.9 Å². The van der Waals surface area contributed by atoms with E-state index in [1.165, 1.54) is 16.7 Å². The van der Waals surface area contributed by atoms with Gasteiger partial charge < -0.3 is 0 Å². The lowest BCUT2D eigenvalue weighted by molar-refractivity contribution is 0.107. The Bertz CT molecular complexity index is 713. The average Bonchev–Trinajstić information content (AvgIpc) is 2.92. The van der Waals surface area contributed by atoms with Gasteiger partial charge in [0.1, 0.15) is 5.69 Å². The molecule has 25 heavy (non-hydrogen) atoms. The molecule has 1 aromatic carbocycles. The molecule has 0 aliphatic heterocycles. The van der Waals surface area contributed by atoms with E-state index in [9.17, 15) is 4.79 Å². The molecule has 0 bridgehead atoms. The van der Waals surface area contributed by atoms with E-state index in [1.807, 2.05) is 4.68 Å². The van der Waals surface area contributed by atoms with Crippen molar-refractivity contribution < 1.29 is 4.79 Å². The number of hydrogen-bond donors (Lipinski definition) is 0. The number of nitrogens with zero attached hydrogens (tertiary/aromatic N) is 2. The van der Waals surface area contributed by atoms with Gasteiger partial charge in [-0.2, -0.15) is 5.10 Å². The largest absolute Gasteiger partial charge is 0.274 e. The lowest BCUT2D eigenvalue weighted by Crippen LogP contribution is -2.11. The highest BCUT2D eigenvalue weighted by Crippen LogP contribution is 2.24. The van der Waals surface area contributed by atoms with E-state index in [-0.39, 0.29) is 0 Å². The monoisotopic (exact) mass is 360 g/mol. The normalized spacial score (nSPS) is 11.1. The first-order valence-corrected chi connectivity index (χ1v) is 9.70. The molecule has 0 radical (unpaired) electrons. The Morgan fingerprint density at radius 2 is 1.64 bits per heavy atom. The van der Waals surface area contributed by atoms with Gasteiger partial charge in [-0.25, -0.2) is 0 Å². The fraction of sp³-hybridized carbons (Fsp3) is 0.524. The van der Waals surface area contributed by atoms with Gasteiger partial charge in [-0.3, -0.25) is 9.48 Å². The zero-order valence-corrected chi connectivity index (χ0v) is 16.6. The Morgan fingerprint density at radius 3 is 2.20 bits per heavy atom. The Morgan fingerprint density at radius 1 is 1.04 bits per heavy atom. The fourth-order valence-corrected chi connectivity index (χ4v) is 3.50. The van der Waals surface area contributed by atoms with Crippen LogP contribution in [-0.2, 0) is 19.4 Å². The quantitative estimate of drug-likeness (QED) is 0.544. The summed E-state index contributed by atoms with van der Waals surface area (Å²) in [6.07, 6.45) is 6.11. The van der Waals surface area contributed by atoms with E-state index in [0.29, 0.717) is 12.2 Å². The molecule has 4 heteroatoms. The van der Waals surface area contributed by atoms with E-state index in [0.717, 1.165) is 49.8 Å². The smallest absolute Gasteiger partial charge is 0.270 e. The van der Waals surface area contributed by atoms with Crippen molar-refractivity contribution in [1.29, 1.82) is 0 Å². The molecule has 0 aliphatic rings. The minimum atomic E-state index is -0.396. The van der Waals surface area contributed by atoms with E-state index < -0.39 is 5.24 Å². The molecule has 0 saturated carbocycles. The molecule has 0 unspecified atom stereocenters. The van der Waals surface area contributed by atoms with Gasteiger partial charge in [-0.15, -0.1) is 0 Å². The second-order valence-corrected chi connectivity index (χ2v) is 7.13. The third-order valence-electron chi connectivity index (χ3n) is 4.82. The Hall–Kier alpha value is -1.61. The highest BCUT2D eigenvalue weighted by molar-refractivity contribution is 6.67. The van der Waals surface area contributed by atoms with Crippen molar-refractivity contribution in [3.63, 3.8) is 0 Å². The molecule has 0 saturated heterocycles. The molecule has 1 heterocycles. The molecule has 3 nitrogen and oxygen atoms in total. The van der Waals surface area contributed by atoms with Crippen molar-refractivity contribution >= 4 is 16.8 Å². The van der Waals surface area contributed by atoms with Gasteiger partial charge in [0.2, 0.25) is 0 Å². The van der Waals surface area contributed by atoms with Gasteiger partial charge in [0.25, 0.3) is 5.24 Å². The summed E-state index contributed by atoms with van der Waals surface area (Å²) in [5.74, 6) is 0. The van der Waals surface area contributed by atoms with Gasteiger partial charge in [-0.05, 0) is 67.8 Å². The number of benzene rings is 1. The van der Waals surface area contributed by atoms with Crippen LogP contribution in [0.5, 0.6) is 0 Å². The van der Waals surface area contributed by atoms with Crippen LogP contribution in [-0.4, -0.2) is 15.0 Å². The van der Waals surface area contributed by atoms with Gasteiger partial charge in [0, 0.05) is 5.56 Å². The van der Waals surface area contributed by atoms with Crippen LogP contribution in [0.4, 0.5) is 0 Å². The zero-order valence-electron chi connectivity index (χ0n) is 15.9. The number of aromatic nitrogens is 2. The van der Waals surface area contributed by atoms with Gasteiger partial charge in [0.05, 0.1) is 12.2 Å². The van der Waals surface area contributed by atoms with Crippen molar-refractivity contribution in [2.45, 2.75) is 72.8 Å². The van der Waals surface area contributed by atoms with E-state index in [2.05, 4.69) is 45.9 Å². The maximum atomic E-state index is 12.2. The number of aryl methyl sites for hydroxylation is 3. The van der Waals surface area contributed by atoms with Crippen LogP contribution < -0.4 is 0 Å². The SMILES string of the molecule is CCCCc1nn(Cc2c(C)cccc2C)c(C(=O)Cl)c1CCCC. The maximum Gasteiger partial charge on any atom is 0.270 e. The minimum Gasteiger partial charge on any atom is -0.274 e. The highest BCUT2D eigenvalue weighted by Gasteiger charge is 2.22. The molecular formula is C21H29ClN2O. The van der Waals surface area contributed by atoms with E-state index in [4.69, 9.17) is 16.7 Å². The van der Waals surface area contributed by atoms with Crippen molar-refractivity contribution in [2.24, 2.45) is 0 Å². The second-order valence-electron chi connectivity index (χ2n) is 6.78. The highest BCUT2D eigenvalue weighted by atomic mass is 35.5. The molecule has 0 amide bonds. The van der Waals surface area contributed by atoms with Gasteiger partial charge >= 0.3 is 0 Å². The topological polar surface area (TPSA) is 34.9 Å². The first-order valence-electron chi connectivity index (χ1n) is 9.33. The average molecular weight is 361 g/mol. The number of carbonyl (C=O) groups excluding carboxylic acids is 1. The molecule has 0 N–H and O–H groups in total. The van der Waals surface area contributed by atoms with Crippen molar-refractivity contribution in [3.8, 4) is 0 Å². The Kier molecular flexibility index (Phi) is 7.24. The Labute approximate surface area is 156 Å². The fourth-order valence-electron chi connectivity index (χ4n) is 3.29. The lowest BCUT2D eigenvalue weighted by atomic mass is 10.0. The van der Waals surface area contributed by atoms with Crippen LogP contribution in [0.15, 0.2) is 18.2 Å². The van der Waals surface area contributed by atoms with Gasteiger partial charge in [0.15, 0.2) is 0 Å². The summed E-state index contributed by atoms with van der Waals surface area (Å²) in [6, 6.07) is 6.26. The van der Waals surface area contributed by atoms with Crippen molar-refractivity contribution in [2.75, 3.05) is 0 Å². The standard InChI is InChI=1S/C21H29ClN2O/c1-5-7-12-17-19(13-8-6-2)23-24(20(17)21(22)25)14-18-15(3)10-9-11-16(18)4/h9-11H,5-8,12-14H2,1-4H3. The third-order valence-corrected chi connectivity index (χ3v) is 5.00. The number of halogens is 1. The van der Waals surface area contributed by atoms with Crippen LogP contribution in [0, 0.1) is 13.8 Å². The van der Waals surface area contributed by atoms with Crippen LogP contribution in [0.1, 0.15) is 78.0 Å². The second kappa shape index (κ2) is 9.19. The third kappa shape index (κ3) is 4.72. The molecule has 2 rings (SSSR count). The molecule has 0 fully saturated rings. The molecule has 0 atom stereocenters. The summed E-state index contributed by atoms with van der Waals surface area (Å²) < 4.78 is 1.83. The molecule has 136 valence electrons. The van der Waals surface area contributed by atoms with E-state index in [1.54, 1.807) is 0 Å². The van der Waals surface area contributed by atoms with Crippen LogP contribution in [0.2, 0.25) is 0 Å². The number of unbranched alkanes of at least 4 members (excludes halogenated alkanes) is 2. The Balaban J connectivity index is 2.48. The molecule has 0 spiro atoms. The van der Waals surface area contributed by atoms with Crippen LogP contribution >= 0.6 is 11.6 Å². The number of hydrogen-bond acceptors (Lipinski definition) is 2.